The van der Waals surface area contributed by atoms with Crippen molar-refractivity contribution in [2.45, 2.75) is 36.6 Å². The van der Waals surface area contributed by atoms with Crippen molar-refractivity contribution in [2.24, 2.45) is 5.92 Å². The number of hydrogen-bond acceptors (Lipinski definition) is 5. The van der Waals surface area contributed by atoms with Crippen LogP contribution in [-0.4, -0.2) is 38.7 Å². The summed E-state index contributed by atoms with van der Waals surface area (Å²) in [7, 11) is -3.72. The van der Waals surface area contributed by atoms with E-state index in [9.17, 15) is 18.3 Å². The summed E-state index contributed by atoms with van der Waals surface area (Å²) in [6.07, 6.45) is 3.48. The van der Waals surface area contributed by atoms with Gasteiger partial charge in [0.2, 0.25) is 10.0 Å². The van der Waals surface area contributed by atoms with Crippen LogP contribution >= 0.6 is 0 Å². The van der Waals surface area contributed by atoms with Crippen molar-refractivity contribution in [3.8, 4) is 5.75 Å². The van der Waals surface area contributed by atoms with Crippen LogP contribution in [0.1, 0.15) is 25.7 Å². The lowest BCUT2D eigenvalue weighted by Gasteiger charge is -2.30. The normalized spacial score (nSPS) is 24.5. The van der Waals surface area contributed by atoms with E-state index in [4.69, 9.17) is 4.74 Å². The van der Waals surface area contributed by atoms with Crippen molar-refractivity contribution in [1.82, 2.24) is 4.72 Å². The molecule has 1 amide bonds. The molecule has 1 aromatic rings. The van der Waals surface area contributed by atoms with Crippen molar-refractivity contribution in [3.63, 3.8) is 0 Å². The maximum Gasteiger partial charge on any atom is 0.262 e. The number of carbonyl (C=O) groups is 1. The second kappa shape index (κ2) is 6.46. The van der Waals surface area contributed by atoms with Gasteiger partial charge >= 0.3 is 0 Å². The van der Waals surface area contributed by atoms with E-state index in [0.29, 0.717) is 11.4 Å². The van der Waals surface area contributed by atoms with Gasteiger partial charge in [-0.15, -0.1) is 0 Å². The smallest absolute Gasteiger partial charge is 0.262 e. The zero-order valence-electron chi connectivity index (χ0n) is 12.6. The Balaban J connectivity index is 1.82. The minimum atomic E-state index is -3.72. The molecule has 0 radical (unpaired) electrons. The second-order valence-corrected chi connectivity index (χ2v) is 7.66. The molecule has 0 saturated heterocycles. The maximum atomic E-state index is 12.6. The van der Waals surface area contributed by atoms with E-state index < -0.39 is 10.0 Å². The first-order valence-electron chi connectivity index (χ1n) is 7.69. The lowest BCUT2D eigenvalue weighted by Crippen LogP contribution is -2.43. The molecule has 2 atom stereocenters. The lowest BCUT2D eigenvalue weighted by molar-refractivity contribution is -0.118. The highest BCUT2D eigenvalue weighted by Crippen LogP contribution is 2.31. The van der Waals surface area contributed by atoms with Gasteiger partial charge in [0, 0.05) is 12.6 Å². The number of amides is 1. The standard InChI is InChI=1S/C15H20N2O5S/c18-8-10-3-1-2-4-12(10)17-23(20,21)11-5-6-14-13(7-11)16-15(19)9-22-14/h5-7,10,12,17-18H,1-4,8-9H2,(H,16,19)/t10-,12-/m1/s1. The molecule has 2 aliphatic rings. The van der Waals surface area contributed by atoms with E-state index in [2.05, 4.69) is 10.0 Å². The Morgan fingerprint density at radius 1 is 1.30 bits per heavy atom. The highest BCUT2D eigenvalue weighted by Gasteiger charge is 2.29. The Labute approximate surface area is 135 Å². The summed E-state index contributed by atoms with van der Waals surface area (Å²) in [5.74, 6) is 0.0845. The second-order valence-electron chi connectivity index (χ2n) is 5.95. The first kappa shape index (κ1) is 16.2. The summed E-state index contributed by atoms with van der Waals surface area (Å²) in [5.41, 5.74) is 0.353. The summed E-state index contributed by atoms with van der Waals surface area (Å²) in [6, 6.07) is 4.12. The first-order chi connectivity index (χ1) is 11.0. The fourth-order valence-electron chi connectivity index (χ4n) is 3.08. The highest BCUT2D eigenvalue weighted by molar-refractivity contribution is 7.89. The van der Waals surface area contributed by atoms with Crippen molar-refractivity contribution >= 4 is 21.6 Å². The Hall–Kier alpha value is -1.64. The molecule has 1 aromatic carbocycles. The molecule has 3 N–H and O–H groups in total. The van der Waals surface area contributed by atoms with Crippen LogP contribution in [0.15, 0.2) is 23.1 Å². The monoisotopic (exact) mass is 340 g/mol. The first-order valence-corrected chi connectivity index (χ1v) is 9.18. The summed E-state index contributed by atoms with van der Waals surface area (Å²) in [5, 5.41) is 12.0. The maximum absolute atomic E-state index is 12.6. The average molecular weight is 340 g/mol. The van der Waals surface area contributed by atoms with Gasteiger partial charge in [0.1, 0.15) is 5.75 Å². The predicted molar refractivity (Wildman–Crippen MR) is 83.7 cm³/mol. The number of carbonyl (C=O) groups excluding carboxylic acids is 1. The van der Waals surface area contributed by atoms with Crippen molar-refractivity contribution in [1.29, 1.82) is 0 Å². The Morgan fingerprint density at radius 3 is 2.87 bits per heavy atom. The van der Waals surface area contributed by atoms with Crippen LogP contribution in [0.2, 0.25) is 0 Å². The van der Waals surface area contributed by atoms with Gasteiger partial charge in [-0.25, -0.2) is 13.1 Å². The lowest BCUT2D eigenvalue weighted by atomic mass is 9.86. The minimum Gasteiger partial charge on any atom is -0.482 e. The van der Waals surface area contributed by atoms with Gasteiger partial charge in [-0.2, -0.15) is 0 Å². The molecule has 0 spiro atoms. The summed E-state index contributed by atoms with van der Waals surface area (Å²) in [6.45, 7) is -0.0983. The number of anilines is 1. The number of aliphatic hydroxyl groups excluding tert-OH is 1. The van der Waals surface area contributed by atoms with Gasteiger partial charge in [-0.1, -0.05) is 12.8 Å². The zero-order chi connectivity index (χ0) is 16.4. The molecule has 23 heavy (non-hydrogen) atoms. The molecule has 1 aliphatic carbocycles. The molecule has 126 valence electrons. The number of fused-ring (bicyclic) bond motifs is 1. The zero-order valence-corrected chi connectivity index (χ0v) is 13.4. The van der Waals surface area contributed by atoms with E-state index >= 15 is 0 Å². The van der Waals surface area contributed by atoms with E-state index in [1.807, 2.05) is 0 Å². The van der Waals surface area contributed by atoms with Crippen LogP contribution in [0.3, 0.4) is 0 Å². The van der Waals surface area contributed by atoms with Gasteiger partial charge in [0.05, 0.1) is 10.6 Å². The largest absolute Gasteiger partial charge is 0.482 e. The summed E-state index contributed by atoms with van der Waals surface area (Å²) in [4.78, 5) is 11.4. The van der Waals surface area contributed by atoms with Crippen LogP contribution in [0.25, 0.3) is 0 Å². The molecule has 1 saturated carbocycles. The molecule has 0 unspecified atom stereocenters. The molecule has 0 aromatic heterocycles. The third-order valence-electron chi connectivity index (χ3n) is 4.34. The number of sulfonamides is 1. The number of hydrogen-bond donors (Lipinski definition) is 3. The minimum absolute atomic E-state index is 0.0265. The topological polar surface area (TPSA) is 105 Å². The molecule has 0 bridgehead atoms. The SMILES string of the molecule is O=C1COc2ccc(S(=O)(=O)N[C@@H]3CCCC[C@@H]3CO)cc2N1. The molecule has 8 heteroatoms. The van der Waals surface area contributed by atoms with E-state index in [0.717, 1.165) is 25.7 Å². The number of rotatable bonds is 4. The van der Waals surface area contributed by atoms with Gasteiger partial charge in [0.15, 0.2) is 6.61 Å². The third-order valence-corrected chi connectivity index (χ3v) is 5.83. The van der Waals surface area contributed by atoms with Crippen molar-refractivity contribution in [2.75, 3.05) is 18.5 Å². The van der Waals surface area contributed by atoms with E-state index in [1.165, 1.54) is 18.2 Å². The average Bonchev–Trinajstić information content (AvgIpc) is 2.54. The Morgan fingerprint density at radius 2 is 2.09 bits per heavy atom. The van der Waals surface area contributed by atoms with E-state index in [1.54, 1.807) is 0 Å². The molecular formula is C15H20N2O5S. The third kappa shape index (κ3) is 3.49. The Kier molecular flexibility index (Phi) is 4.56. The van der Waals surface area contributed by atoms with Crippen LogP contribution in [0, 0.1) is 5.92 Å². The fourth-order valence-corrected chi connectivity index (χ4v) is 4.44. The van der Waals surface area contributed by atoms with Crippen molar-refractivity contribution in [3.05, 3.63) is 18.2 Å². The van der Waals surface area contributed by atoms with Gasteiger partial charge in [-0.3, -0.25) is 4.79 Å². The van der Waals surface area contributed by atoms with Gasteiger partial charge < -0.3 is 15.2 Å². The molecule has 3 rings (SSSR count). The molecule has 7 nitrogen and oxygen atoms in total. The molecule has 1 aliphatic heterocycles. The van der Waals surface area contributed by atoms with Crippen LogP contribution in [-0.2, 0) is 14.8 Å². The summed E-state index contributed by atoms with van der Waals surface area (Å²) >= 11 is 0. The molecular weight excluding hydrogens is 320 g/mol. The number of nitrogens with one attached hydrogen (secondary N) is 2. The van der Waals surface area contributed by atoms with E-state index in [-0.39, 0.29) is 36.0 Å². The van der Waals surface area contributed by atoms with Gasteiger partial charge in [0.25, 0.3) is 5.91 Å². The van der Waals surface area contributed by atoms with Gasteiger partial charge in [-0.05, 0) is 37.0 Å². The van der Waals surface area contributed by atoms with Crippen LogP contribution in [0.4, 0.5) is 5.69 Å². The highest BCUT2D eigenvalue weighted by atomic mass is 32.2. The quantitative estimate of drug-likeness (QED) is 0.753. The number of benzene rings is 1. The van der Waals surface area contributed by atoms with Crippen LogP contribution in [0.5, 0.6) is 5.75 Å². The van der Waals surface area contributed by atoms with Crippen LogP contribution < -0.4 is 14.8 Å². The number of aliphatic hydroxyl groups is 1. The summed E-state index contributed by atoms with van der Waals surface area (Å²) < 4.78 is 33.1. The molecule has 1 heterocycles. The number of ether oxygens (including phenoxy) is 1. The predicted octanol–water partition coefficient (Wildman–Crippen LogP) is 0.847. The fraction of sp³-hybridized carbons (Fsp3) is 0.533. The molecule has 1 fully saturated rings. The Bertz CT molecular complexity index is 704. The van der Waals surface area contributed by atoms with Crippen molar-refractivity contribution < 1.29 is 23.1 Å².